The zero-order valence-electron chi connectivity index (χ0n) is 14.0. The molecule has 1 aromatic rings. The topological polar surface area (TPSA) is 24.5 Å². The number of rotatable bonds is 5. The van der Waals surface area contributed by atoms with Crippen LogP contribution in [0.3, 0.4) is 0 Å². The second-order valence-corrected chi connectivity index (χ2v) is 7.22. The Morgan fingerprint density at radius 1 is 1.24 bits per heavy atom. The van der Waals surface area contributed by atoms with Gasteiger partial charge in [-0.2, -0.15) is 0 Å². The highest BCUT2D eigenvalue weighted by atomic mass is 16.5. The predicted molar refractivity (Wildman–Crippen MR) is 88.8 cm³/mol. The van der Waals surface area contributed by atoms with Crippen molar-refractivity contribution >= 4 is 0 Å². The Balaban J connectivity index is 1.83. The lowest BCUT2D eigenvalue weighted by Crippen LogP contribution is -2.44. The summed E-state index contributed by atoms with van der Waals surface area (Å²) in [5.41, 5.74) is 1.60. The maximum Gasteiger partial charge on any atom is 0.118 e. The zero-order chi connectivity index (χ0) is 15.3. The van der Waals surface area contributed by atoms with Crippen molar-refractivity contribution in [2.75, 3.05) is 26.7 Å². The molecule has 21 heavy (non-hydrogen) atoms. The first kappa shape index (κ1) is 16.3. The Bertz CT molecular complexity index is 422. The number of hydrogen-bond donors (Lipinski definition) is 1. The highest BCUT2D eigenvalue weighted by Gasteiger charge is 2.21. The smallest absolute Gasteiger partial charge is 0.118 e. The Hall–Kier alpha value is -1.06. The Morgan fingerprint density at radius 3 is 2.57 bits per heavy atom. The molecule has 1 unspecified atom stereocenters. The van der Waals surface area contributed by atoms with E-state index < -0.39 is 0 Å². The fraction of sp³-hybridized carbons (Fsp3) is 0.667. The third-order valence-electron chi connectivity index (χ3n) is 4.09. The van der Waals surface area contributed by atoms with E-state index in [1.54, 1.807) is 7.11 Å². The summed E-state index contributed by atoms with van der Waals surface area (Å²) in [4.78, 5) is 2.58. The fourth-order valence-corrected chi connectivity index (χ4v) is 2.90. The fourth-order valence-electron chi connectivity index (χ4n) is 2.90. The van der Waals surface area contributed by atoms with Gasteiger partial charge in [-0.1, -0.05) is 12.1 Å². The summed E-state index contributed by atoms with van der Waals surface area (Å²) in [7, 11) is 1.71. The van der Waals surface area contributed by atoms with Gasteiger partial charge in [-0.15, -0.1) is 0 Å². The van der Waals surface area contributed by atoms with Crippen LogP contribution in [0.2, 0.25) is 0 Å². The molecule has 3 nitrogen and oxygen atoms in total. The van der Waals surface area contributed by atoms with Gasteiger partial charge in [0.25, 0.3) is 0 Å². The van der Waals surface area contributed by atoms with Gasteiger partial charge >= 0.3 is 0 Å². The van der Waals surface area contributed by atoms with E-state index in [0.717, 1.165) is 24.8 Å². The molecule has 0 saturated carbocycles. The van der Waals surface area contributed by atoms with Crippen LogP contribution in [0.1, 0.15) is 39.2 Å². The van der Waals surface area contributed by atoms with Crippen LogP contribution in [0.15, 0.2) is 24.3 Å². The lowest BCUT2D eigenvalue weighted by molar-refractivity contribution is 0.159. The van der Waals surface area contributed by atoms with E-state index in [1.165, 1.54) is 31.5 Å². The third-order valence-corrected chi connectivity index (χ3v) is 4.09. The van der Waals surface area contributed by atoms with Crippen LogP contribution in [0.5, 0.6) is 5.75 Å². The van der Waals surface area contributed by atoms with Gasteiger partial charge in [-0.3, -0.25) is 4.90 Å². The van der Waals surface area contributed by atoms with Crippen molar-refractivity contribution in [2.24, 2.45) is 5.92 Å². The van der Waals surface area contributed by atoms with Crippen LogP contribution in [-0.2, 0) is 6.54 Å². The molecule has 1 N–H and O–H groups in total. The molecule has 1 aliphatic rings. The van der Waals surface area contributed by atoms with Gasteiger partial charge < -0.3 is 10.1 Å². The molecular formula is C18H30N2O. The molecule has 1 heterocycles. The van der Waals surface area contributed by atoms with E-state index in [2.05, 4.69) is 55.3 Å². The first-order valence-corrected chi connectivity index (χ1v) is 8.06. The second-order valence-electron chi connectivity index (χ2n) is 7.22. The maximum atomic E-state index is 5.22. The number of benzene rings is 1. The number of nitrogens with zero attached hydrogens (tertiary/aromatic N) is 1. The van der Waals surface area contributed by atoms with Crippen LogP contribution in [0, 0.1) is 5.92 Å². The van der Waals surface area contributed by atoms with E-state index in [9.17, 15) is 0 Å². The van der Waals surface area contributed by atoms with Crippen LogP contribution in [0.4, 0.5) is 0 Å². The molecule has 0 aromatic heterocycles. The Morgan fingerprint density at radius 2 is 1.95 bits per heavy atom. The number of methoxy groups -OCH3 is 1. The lowest BCUT2D eigenvalue weighted by Gasteiger charge is -2.34. The molecule has 1 fully saturated rings. The first-order valence-electron chi connectivity index (χ1n) is 8.06. The molecule has 0 spiro atoms. The van der Waals surface area contributed by atoms with Crippen molar-refractivity contribution < 1.29 is 4.74 Å². The SMILES string of the molecule is COc1ccc(CN2CCCC(CNC(C)(C)C)C2)cc1. The van der Waals surface area contributed by atoms with Gasteiger partial charge in [0.15, 0.2) is 0 Å². The second kappa shape index (κ2) is 7.28. The molecule has 1 saturated heterocycles. The van der Waals surface area contributed by atoms with E-state index in [-0.39, 0.29) is 5.54 Å². The van der Waals surface area contributed by atoms with E-state index in [1.807, 2.05) is 0 Å². The average Bonchev–Trinajstić information content (AvgIpc) is 2.46. The summed E-state index contributed by atoms with van der Waals surface area (Å²) >= 11 is 0. The molecule has 1 aliphatic heterocycles. The van der Waals surface area contributed by atoms with Crippen LogP contribution < -0.4 is 10.1 Å². The number of ether oxygens (including phenoxy) is 1. The minimum absolute atomic E-state index is 0.220. The van der Waals surface area contributed by atoms with Gasteiger partial charge in [0, 0.05) is 18.6 Å². The lowest BCUT2D eigenvalue weighted by atomic mass is 9.96. The number of hydrogen-bond acceptors (Lipinski definition) is 3. The monoisotopic (exact) mass is 290 g/mol. The summed E-state index contributed by atoms with van der Waals surface area (Å²) < 4.78 is 5.22. The minimum atomic E-state index is 0.220. The molecule has 1 atom stereocenters. The number of likely N-dealkylation sites (tertiary alicyclic amines) is 1. The summed E-state index contributed by atoms with van der Waals surface area (Å²) in [6, 6.07) is 8.46. The summed E-state index contributed by atoms with van der Waals surface area (Å²) in [6.45, 7) is 11.3. The first-order chi connectivity index (χ1) is 9.96. The molecule has 0 amide bonds. The van der Waals surface area contributed by atoms with Gasteiger partial charge in [0.05, 0.1) is 7.11 Å². The number of piperidine rings is 1. The van der Waals surface area contributed by atoms with Crippen molar-refractivity contribution in [1.29, 1.82) is 0 Å². The van der Waals surface area contributed by atoms with Crippen molar-refractivity contribution in [3.8, 4) is 5.75 Å². The molecule has 0 radical (unpaired) electrons. The van der Waals surface area contributed by atoms with Crippen LogP contribution in [-0.4, -0.2) is 37.2 Å². The van der Waals surface area contributed by atoms with Gasteiger partial charge in [-0.25, -0.2) is 0 Å². The van der Waals surface area contributed by atoms with E-state index >= 15 is 0 Å². The van der Waals surface area contributed by atoms with Crippen LogP contribution >= 0.6 is 0 Å². The third kappa shape index (κ3) is 5.68. The normalized spacial score (nSPS) is 20.5. The predicted octanol–water partition coefficient (Wildman–Crippen LogP) is 3.30. The Labute approximate surface area is 129 Å². The van der Waals surface area contributed by atoms with Crippen molar-refractivity contribution in [1.82, 2.24) is 10.2 Å². The summed E-state index contributed by atoms with van der Waals surface area (Å²) in [6.07, 6.45) is 2.66. The number of nitrogens with one attached hydrogen (secondary N) is 1. The van der Waals surface area contributed by atoms with Crippen LogP contribution in [0.25, 0.3) is 0 Å². The minimum Gasteiger partial charge on any atom is -0.497 e. The quantitative estimate of drug-likeness (QED) is 0.900. The van der Waals surface area contributed by atoms with Gasteiger partial charge in [0.1, 0.15) is 5.75 Å². The van der Waals surface area contributed by atoms with E-state index in [0.29, 0.717) is 0 Å². The van der Waals surface area contributed by atoms with Crippen molar-refractivity contribution in [3.05, 3.63) is 29.8 Å². The molecule has 0 aliphatic carbocycles. The molecule has 3 heteroatoms. The molecule has 0 bridgehead atoms. The van der Waals surface area contributed by atoms with Gasteiger partial charge in [-0.05, 0) is 70.3 Å². The largest absolute Gasteiger partial charge is 0.497 e. The van der Waals surface area contributed by atoms with Gasteiger partial charge in [0.2, 0.25) is 0 Å². The van der Waals surface area contributed by atoms with Crippen molar-refractivity contribution in [2.45, 2.75) is 45.7 Å². The highest BCUT2D eigenvalue weighted by molar-refractivity contribution is 5.27. The average molecular weight is 290 g/mol. The molecular weight excluding hydrogens is 260 g/mol. The van der Waals surface area contributed by atoms with E-state index in [4.69, 9.17) is 4.74 Å². The maximum absolute atomic E-state index is 5.22. The summed E-state index contributed by atoms with van der Waals surface area (Å²) in [5.74, 6) is 1.71. The Kier molecular flexibility index (Phi) is 5.65. The highest BCUT2D eigenvalue weighted by Crippen LogP contribution is 2.20. The standard InChI is InChI=1S/C18H30N2O/c1-18(2,3)19-12-16-6-5-11-20(14-16)13-15-7-9-17(21-4)10-8-15/h7-10,16,19H,5-6,11-14H2,1-4H3. The van der Waals surface area contributed by atoms with Crippen molar-refractivity contribution in [3.63, 3.8) is 0 Å². The molecule has 1 aromatic carbocycles. The molecule has 118 valence electrons. The molecule has 2 rings (SSSR count). The summed E-state index contributed by atoms with van der Waals surface area (Å²) in [5, 5.41) is 3.65. The zero-order valence-corrected chi connectivity index (χ0v) is 14.0.